The predicted octanol–water partition coefficient (Wildman–Crippen LogP) is 6.72. The van der Waals surface area contributed by atoms with Gasteiger partial charge in [-0.05, 0) is 72.5 Å². The molecule has 0 bridgehead atoms. The summed E-state index contributed by atoms with van der Waals surface area (Å²) in [6.45, 7) is 1.20. The van der Waals surface area contributed by atoms with Crippen molar-refractivity contribution >= 4 is 23.7 Å². The maximum Gasteiger partial charge on any atom is 0.337 e. The molecule has 3 aromatic rings. The van der Waals surface area contributed by atoms with Gasteiger partial charge in [0.05, 0.1) is 33.0 Å². The first kappa shape index (κ1) is 30.8. The minimum Gasteiger partial charge on any atom is -0.493 e. The summed E-state index contributed by atoms with van der Waals surface area (Å²) in [7, 11) is 2.80. The Morgan fingerprint density at radius 1 is 0.800 bits per heavy atom. The van der Waals surface area contributed by atoms with Crippen LogP contribution in [0.15, 0.2) is 91.0 Å². The number of methoxy groups -OCH3 is 2. The fraction of sp³-hybridized carbons (Fsp3) is 0.333. The highest BCUT2D eigenvalue weighted by Gasteiger charge is 2.10. The van der Waals surface area contributed by atoms with Crippen molar-refractivity contribution in [2.45, 2.75) is 37.4 Å². The van der Waals surface area contributed by atoms with E-state index in [1.165, 1.54) is 19.8 Å². The molecule has 7 heteroatoms. The first-order valence-electron chi connectivity index (χ1n) is 13.5. The standard InChI is InChI=1S/C33H38O6S/c1-36-32(34)16-8-23-40-31(25-27-17-19-28(20-18-27)33(35)37-2)15-7-11-26-10-6-14-30(24-26)39-22-9-21-38-29-12-4-3-5-13-29/h3-7,10,12-15,17-20,24,31H,8-9,11,16,21-23,25H2,1-2H3/b15-7-. The Hall–Kier alpha value is -3.71. The van der Waals surface area contributed by atoms with Gasteiger partial charge in [-0.2, -0.15) is 11.8 Å². The van der Waals surface area contributed by atoms with Crippen molar-refractivity contribution in [3.8, 4) is 11.5 Å². The summed E-state index contributed by atoms with van der Waals surface area (Å²) in [5.41, 5.74) is 2.84. The average molecular weight is 563 g/mol. The number of carbonyl (C=O) groups is 2. The quantitative estimate of drug-likeness (QED) is 0.103. The number of hydrogen-bond donors (Lipinski definition) is 0. The number of esters is 2. The van der Waals surface area contributed by atoms with Gasteiger partial charge in [-0.15, -0.1) is 0 Å². The van der Waals surface area contributed by atoms with E-state index in [1.54, 1.807) is 12.1 Å². The number of allylic oxidation sites excluding steroid dienone is 1. The molecular formula is C33H38O6S. The van der Waals surface area contributed by atoms with Crippen molar-refractivity contribution in [2.75, 3.05) is 33.2 Å². The fourth-order valence-electron chi connectivity index (χ4n) is 3.94. The second kappa shape index (κ2) is 17.8. The molecule has 0 amide bonds. The Bertz CT molecular complexity index is 1190. The highest BCUT2D eigenvalue weighted by molar-refractivity contribution is 8.00. The zero-order valence-corrected chi connectivity index (χ0v) is 24.1. The molecule has 0 aromatic heterocycles. The van der Waals surface area contributed by atoms with Crippen molar-refractivity contribution in [3.05, 3.63) is 108 Å². The molecule has 3 rings (SSSR count). The van der Waals surface area contributed by atoms with E-state index in [0.29, 0.717) is 25.2 Å². The second-order valence-electron chi connectivity index (χ2n) is 9.12. The summed E-state index contributed by atoms with van der Waals surface area (Å²) in [6.07, 6.45) is 8.00. The molecule has 3 aromatic carbocycles. The lowest BCUT2D eigenvalue weighted by molar-refractivity contribution is -0.140. The number of benzene rings is 3. The molecular weight excluding hydrogens is 524 g/mol. The zero-order valence-electron chi connectivity index (χ0n) is 23.3. The Morgan fingerprint density at radius 3 is 2.25 bits per heavy atom. The van der Waals surface area contributed by atoms with Crippen molar-refractivity contribution in [2.24, 2.45) is 0 Å². The van der Waals surface area contributed by atoms with Gasteiger partial charge in [0, 0.05) is 18.1 Å². The maximum absolute atomic E-state index is 11.8. The molecule has 0 spiro atoms. The topological polar surface area (TPSA) is 71.1 Å². The monoisotopic (exact) mass is 562 g/mol. The van der Waals surface area contributed by atoms with E-state index in [9.17, 15) is 9.59 Å². The molecule has 0 saturated carbocycles. The number of carbonyl (C=O) groups excluding carboxylic acids is 2. The summed E-state index contributed by atoms with van der Waals surface area (Å²) < 4.78 is 21.2. The lowest BCUT2D eigenvalue weighted by atomic mass is 10.1. The van der Waals surface area contributed by atoms with E-state index in [1.807, 2.05) is 66.4 Å². The van der Waals surface area contributed by atoms with E-state index in [-0.39, 0.29) is 17.2 Å². The molecule has 0 N–H and O–H groups in total. The van der Waals surface area contributed by atoms with Gasteiger partial charge in [-0.1, -0.05) is 54.6 Å². The zero-order chi connectivity index (χ0) is 28.4. The second-order valence-corrected chi connectivity index (χ2v) is 10.5. The van der Waals surface area contributed by atoms with E-state index in [0.717, 1.165) is 48.5 Å². The van der Waals surface area contributed by atoms with Gasteiger partial charge in [-0.25, -0.2) is 4.79 Å². The van der Waals surface area contributed by atoms with E-state index >= 15 is 0 Å². The van der Waals surface area contributed by atoms with Crippen LogP contribution in [0.25, 0.3) is 0 Å². The molecule has 212 valence electrons. The minimum atomic E-state index is -0.341. The van der Waals surface area contributed by atoms with Crippen LogP contribution in [0.5, 0.6) is 11.5 Å². The van der Waals surface area contributed by atoms with Crippen molar-refractivity contribution in [1.82, 2.24) is 0 Å². The largest absolute Gasteiger partial charge is 0.493 e. The Kier molecular flexibility index (Phi) is 13.7. The van der Waals surface area contributed by atoms with E-state index in [2.05, 4.69) is 24.3 Å². The number of ether oxygens (including phenoxy) is 4. The first-order chi connectivity index (χ1) is 19.6. The summed E-state index contributed by atoms with van der Waals surface area (Å²) in [4.78, 5) is 23.2. The van der Waals surface area contributed by atoms with Crippen LogP contribution in [0.2, 0.25) is 0 Å². The highest BCUT2D eigenvalue weighted by Crippen LogP contribution is 2.21. The molecule has 0 saturated heterocycles. The van der Waals surface area contributed by atoms with Crippen LogP contribution in [-0.4, -0.2) is 50.4 Å². The number of para-hydroxylation sites is 1. The summed E-state index contributed by atoms with van der Waals surface area (Å²) in [6, 6.07) is 25.5. The van der Waals surface area contributed by atoms with Gasteiger partial charge < -0.3 is 18.9 Å². The van der Waals surface area contributed by atoms with Crippen LogP contribution in [0.4, 0.5) is 0 Å². The van der Waals surface area contributed by atoms with Crippen molar-refractivity contribution in [1.29, 1.82) is 0 Å². The number of hydrogen-bond acceptors (Lipinski definition) is 7. The molecule has 40 heavy (non-hydrogen) atoms. The summed E-state index contributed by atoms with van der Waals surface area (Å²) in [5.74, 6) is 2.05. The highest BCUT2D eigenvalue weighted by atomic mass is 32.2. The van der Waals surface area contributed by atoms with Crippen LogP contribution in [0.1, 0.15) is 40.7 Å². The lowest BCUT2D eigenvalue weighted by Crippen LogP contribution is -2.07. The Balaban J connectivity index is 1.51. The molecule has 0 radical (unpaired) electrons. The third kappa shape index (κ3) is 11.6. The Morgan fingerprint density at radius 2 is 1.52 bits per heavy atom. The molecule has 0 aliphatic carbocycles. The number of rotatable bonds is 17. The smallest absolute Gasteiger partial charge is 0.337 e. The van der Waals surface area contributed by atoms with E-state index in [4.69, 9.17) is 18.9 Å². The first-order valence-corrected chi connectivity index (χ1v) is 14.5. The minimum absolute atomic E-state index is 0.183. The molecule has 0 aliphatic heterocycles. The van der Waals surface area contributed by atoms with Crippen LogP contribution in [0, 0.1) is 0 Å². The number of thioether (sulfide) groups is 1. The van der Waals surface area contributed by atoms with Crippen LogP contribution >= 0.6 is 11.8 Å². The van der Waals surface area contributed by atoms with Crippen LogP contribution in [-0.2, 0) is 27.1 Å². The maximum atomic E-state index is 11.8. The van der Waals surface area contributed by atoms with Crippen LogP contribution in [0.3, 0.4) is 0 Å². The molecule has 0 aliphatic rings. The molecule has 1 unspecified atom stereocenters. The SMILES string of the molecule is COC(=O)CCCSC(/C=C\Cc1cccc(OCCCOc2ccccc2)c1)Cc1ccc(C(=O)OC)cc1. The van der Waals surface area contributed by atoms with Crippen molar-refractivity contribution in [3.63, 3.8) is 0 Å². The van der Waals surface area contributed by atoms with Gasteiger partial charge in [-0.3, -0.25) is 4.79 Å². The van der Waals surface area contributed by atoms with Gasteiger partial charge in [0.1, 0.15) is 11.5 Å². The third-order valence-corrected chi connectivity index (χ3v) is 7.35. The lowest BCUT2D eigenvalue weighted by Gasteiger charge is -2.13. The molecule has 0 heterocycles. The normalized spacial score (nSPS) is 11.7. The fourth-order valence-corrected chi connectivity index (χ4v) is 5.08. The van der Waals surface area contributed by atoms with Gasteiger partial charge >= 0.3 is 11.9 Å². The summed E-state index contributed by atoms with van der Waals surface area (Å²) >= 11 is 1.81. The molecule has 1 atom stereocenters. The summed E-state index contributed by atoms with van der Waals surface area (Å²) in [5, 5.41) is 0.227. The predicted molar refractivity (Wildman–Crippen MR) is 160 cm³/mol. The van der Waals surface area contributed by atoms with E-state index < -0.39 is 0 Å². The third-order valence-electron chi connectivity index (χ3n) is 6.07. The molecule has 6 nitrogen and oxygen atoms in total. The van der Waals surface area contributed by atoms with Crippen LogP contribution < -0.4 is 9.47 Å². The van der Waals surface area contributed by atoms with Crippen molar-refractivity contribution < 1.29 is 28.5 Å². The van der Waals surface area contributed by atoms with Gasteiger partial charge in [0.25, 0.3) is 0 Å². The Labute approximate surface area is 241 Å². The van der Waals surface area contributed by atoms with Gasteiger partial charge in [0.15, 0.2) is 0 Å². The van der Waals surface area contributed by atoms with Gasteiger partial charge in [0.2, 0.25) is 0 Å². The molecule has 0 fully saturated rings. The average Bonchev–Trinajstić information content (AvgIpc) is 2.99.